The number of aromatic nitrogens is 1. The van der Waals surface area contributed by atoms with E-state index in [1.54, 1.807) is 23.2 Å². The number of anilines is 1. The van der Waals surface area contributed by atoms with Gasteiger partial charge in [0.05, 0.1) is 5.69 Å². The molecule has 18 heavy (non-hydrogen) atoms. The molecule has 98 valence electrons. The Balaban J connectivity index is 2.13. The predicted molar refractivity (Wildman–Crippen MR) is 72.8 cm³/mol. The molecule has 1 saturated carbocycles. The van der Waals surface area contributed by atoms with Crippen LogP contribution in [-0.2, 0) is 0 Å². The van der Waals surface area contributed by atoms with Gasteiger partial charge in [0.2, 0.25) is 0 Å². The van der Waals surface area contributed by atoms with Gasteiger partial charge in [-0.2, -0.15) is 0 Å². The van der Waals surface area contributed by atoms with Crippen LogP contribution in [0.15, 0.2) is 18.3 Å². The lowest BCUT2D eigenvalue weighted by Crippen LogP contribution is -2.40. The fraction of sp³-hybridized carbons (Fsp3) is 0.538. The maximum Gasteiger partial charge on any atom is 0.319 e. The minimum Gasteiger partial charge on any atom is -0.351 e. The Morgan fingerprint density at radius 3 is 2.78 bits per heavy atom. The average Bonchev–Trinajstić information content (AvgIpc) is 2.38. The number of pyridine rings is 1. The first-order valence-corrected chi connectivity index (χ1v) is 6.74. The van der Waals surface area contributed by atoms with Crippen molar-refractivity contribution in [3.8, 4) is 0 Å². The first-order valence-electron chi connectivity index (χ1n) is 6.36. The summed E-state index contributed by atoms with van der Waals surface area (Å²) in [6.45, 7) is 0.640. The van der Waals surface area contributed by atoms with Crippen molar-refractivity contribution in [1.82, 2.24) is 4.98 Å². The number of hydrogen-bond acceptors (Lipinski definition) is 2. The third kappa shape index (κ3) is 3.13. The van der Waals surface area contributed by atoms with Crippen molar-refractivity contribution in [2.75, 3.05) is 11.4 Å². The topological polar surface area (TPSA) is 59.2 Å². The zero-order chi connectivity index (χ0) is 13.0. The molecule has 0 saturated heterocycles. The number of nitrogens with two attached hydrogens (primary N) is 1. The summed E-state index contributed by atoms with van der Waals surface area (Å²) in [5.41, 5.74) is 6.06. The summed E-state index contributed by atoms with van der Waals surface area (Å²) in [7, 11) is 0. The number of nitrogens with zero attached hydrogens (tertiary/aromatic N) is 2. The normalized spacial score (nSPS) is 16.5. The second-order valence-corrected chi connectivity index (χ2v) is 5.12. The highest BCUT2D eigenvalue weighted by molar-refractivity contribution is 6.32. The number of urea groups is 1. The molecule has 0 bridgehead atoms. The molecular formula is C13H18ClN3O. The minimum atomic E-state index is -0.463. The van der Waals surface area contributed by atoms with Crippen molar-refractivity contribution < 1.29 is 4.79 Å². The number of halogens is 1. The van der Waals surface area contributed by atoms with Crippen molar-refractivity contribution in [1.29, 1.82) is 0 Å². The van der Waals surface area contributed by atoms with Gasteiger partial charge in [-0.05, 0) is 30.9 Å². The monoisotopic (exact) mass is 267 g/mol. The molecule has 1 fully saturated rings. The lowest BCUT2D eigenvalue weighted by molar-refractivity contribution is 0.251. The SMILES string of the molecule is NC(=O)N(CC1CCCCC1)c1cccnc1Cl. The van der Waals surface area contributed by atoms with Gasteiger partial charge in [-0.1, -0.05) is 30.9 Å². The van der Waals surface area contributed by atoms with E-state index in [9.17, 15) is 4.79 Å². The van der Waals surface area contributed by atoms with Crippen LogP contribution in [0, 0.1) is 5.92 Å². The number of rotatable bonds is 3. The summed E-state index contributed by atoms with van der Waals surface area (Å²) in [4.78, 5) is 17.1. The van der Waals surface area contributed by atoms with Gasteiger partial charge in [-0.3, -0.25) is 4.90 Å². The van der Waals surface area contributed by atoms with Crippen molar-refractivity contribution in [3.05, 3.63) is 23.5 Å². The third-order valence-corrected chi connectivity index (χ3v) is 3.75. The predicted octanol–water partition coefficient (Wildman–Crippen LogP) is 3.20. The molecule has 1 aliphatic rings. The molecule has 2 N–H and O–H groups in total. The van der Waals surface area contributed by atoms with Crippen LogP contribution in [0.3, 0.4) is 0 Å². The molecule has 1 aliphatic carbocycles. The van der Waals surface area contributed by atoms with Gasteiger partial charge in [0.1, 0.15) is 0 Å². The lowest BCUT2D eigenvalue weighted by Gasteiger charge is -2.28. The molecule has 2 rings (SSSR count). The Kier molecular flexibility index (Phi) is 4.42. The van der Waals surface area contributed by atoms with Gasteiger partial charge in [0, 0.05) is 12.7 Å². The van der Waals surface area contributed by atoms with E-state index >= 15 is 0 Å². The molecule has 0 radical (unpaired) electrons. The van der Waals surface area contributed by atoms with E-state index in [4.69, 9.17) is 17.3 Å². The molecule has 4 nitrogen and oxygen atoms in total. The molecule has 5 heteroatoms. The molecule has 0 atom stereocenters. The van der Waals surface area contributed by atoms with Crippen LogP contribution in [0.5, 0.6) is 0 Å². The summed E-state index contributed by atoms with van der Waals surface area (Å²) >= 11 is 6.02. The van der Waals surface area contributed by atoms with Crippen LogP contribution < -0.4 is 10.6 Å². The summed E-state index contributed by atoms with van der Waals surface area (Å²) in [6, 6.07) is 3.08. The summed E-state index contributed by atoms with van der Waals surface area (Å²) in [5.74, 6) is 0.516. The maximum atomic E-state index is 11.6. The van der Waals surface area contributed by atoms with E-state index in [2.05, 4.69) is 4.98 Å². The first kappa shape index (κ1) is 13.1. The number of carbonyl (C=O) groups excluding carboxylic acids is 1. The summed E-state index contributed by atoms with van der Waals surface area (Å²) < 4.78 is 0. The molecule has 1 aromatic rings. The highest BCUT2D eigenvalue weighted by Gasteiger charge is 2.22. The second-order valence-electron chi connectivity index (χ2n) is 4.77. The van der Waals surface area contributed by atoms with Gasteiger partial charge < -0.3 is 5.73 Å². The van der Waals surface area contributed by atoms with E-state index < -0.39 is 6.03 Å². The largest absolute Gasteiger partial charge is 0.351 e. The number of carbonyl (C=O) groups is 1. The van der Waals surface area contributed by atoms with Crippen LogP contribution in [-0.4, -0.2) is 17.6 Å². The Hall–Kier alpha value is -1.29. The Morgan fingerprint density at radius 1 is 1.44 bits per heavy atom. The second kappa shape index (κ2) is 6.05. The number of hydrogen-bond donors (Lipinski definition) is 1. The van der Waals surface area contributed by atoms with Crippen LogP contribution >= 0.6 is 11.6 Å². The van der Waals surface area contributed by atoms with E-state index in [1.165, 1.54) is 19.3 Å². The molecule has 0 aromatic carbocycles. The quantitative estimate of drug-likeness (QED) is 0.855. The van der Waals surface area contributed by atoms with Crippen molar-refractivity contribution in [2.45, 2.75) is 32.1 Å². The minimum absolute atomic E-state index is 0.326. The van der Waals surface area contributed by atoms with Crippen molar-refractivity contribution >= 4 is 23.3 Å². The Morgan fingerprint density at radius 2 is 2.17 bits per heavy atom. The van der Waals surface area contributed by atoms with Crippen LogP contribution in [0.1, 0.15) is 32.1 Å². The zero-order valence-corrected chi connectivity index (χ0v) is 11.1. The van der Waals surface area contributed by atoms with E-state index in [1.807, 2.05) is 0 Å². The molecule has 0 aliphatic heterocycles. The number of primary amides is 1. The van der Waals surface area contributed by atoms with Crippen LogP contribution in [0.25, 0.3) is 0 Å². The number of amides is 2. The van der Waals surface area contributed by atoms with E-state index in [0.717, 1.165) is 12.8 Å². The van der Waals surface area contributed by atoms with Gasteiger partial charge in [0.25, 0.3) is 0 Å². The van der Waals surface area contributed by atoms with Gasteiger partial charge in [0.15, 0.2) is 5.15 Å². The smallest absolute Gasteiger partial charge is 0.319 e. The maximum absolute atomic E-state index is 11.6. The molecular weight excluding hydrogens is 250 g/mol. The van der Waals surface area contributed by atoms with Crippen molar-refractivity contribution in [3.63, 3.8) is 0 Å². The Labute approximate surface area is 112 Å². The fourth-order valence-electron chi connectivity index (χ4n) is 2.51. The highest BCUT2D eigenvalue weighted by Crippen LogP contribution is 2.28. The average molecular weight is 268 g/mol. The van der Waals surface area contributed by atoms with Crippen LogP contribution in [0.2, 0.25) is 5.15 Å². The molecule has 0 unspecified atom stereocenters. The van der Waals surface area contributed by atoms with Crippen LogP contribution in [0.4, 0.5) is 10.5 Å². The molecule has 2 amide bonds. The summed E-state index contributed by atoms with van der Waals surface area (Å²) in [5, 5.41) is 0.326. The van der Waals surface area contributed by atoms with Crippen molar-refractivity contribution in [2.24, 2.45) is 11.7 Å². The standard InChI is InChI=1S/C13H18ClN3O/c14-12-11(7-4-8-16-12)17(13(15)18)9-10-5-2-1-3-6-10/h4,7-8,10H,1-3,5-6,9H2,(H2,15,18). The molecule has 1 aromatic heterocycles. The van der Waals surface area contributed by atoms with E-state index in [0.29, 0.717) is 23.3 Å². The van der Waals surface area contributed by atoms with E-state index in [-0.39, 0.29) is 0 Å². The van der Waals surface area contributed by atoms with Gasteiger partial charge in [-0.15, -0.1) is 0 Å². The lowest BCUT2D eigenvalue weighted by atomic mass is 9.89. The third-order valence-electron chi connectivity index (χ3n) is 3.46. The van der Waals surface area contributed by atoms with Gasteiger partial charge in [-0.25, -0.2) is 9.78 Å². The van der Waals surface area contributed by atoms with Gasteiger partial charge >= 0.3 is 6.03 Å². The summed E-state index contributed by atoms with van der Waals surface area (Å²) in [6.07, 6.45) is 7.67. The zero-order valence-electron chi connectivity index (χ0n) is 10.3. The highest BCUT2D eigenvalue weighted by atomic mass is 35.5. The Bertz CT molecular complexity index is 418. The fourth-order valence-corrected chi connectivity index (χ4v) is 2.74. The molecule has 0 spiro atoms. The molecule has 1 heterocycles. The first-order chi connectivity index (χ1) is 8.68.